The van der Waals surface area contributed by atoms with Crippen molar-refractivity contribution in [3.05, 3.63) is 54.2 Å². The predicted octanol–water partition coefficient (Wildman–Crippen LogP) is 4.73. The second kappa shape index (κ2) is 4.68. The number of aromatic nitrogens is 1. The van der Waals surface area contributed by atoms with Crippen LogP contribution in [0.5, 0.6) is 17.4 Å². The molecule has 0 amide bonds. The quantitative estimate of drug-likeness (QED) is 0.533. The molecule has 0 aliphatic carbocycles. The second-order valence-electron chi connectivity index (χ2n) is 6.06. The molecule has 0 spiro atoms. The van der Waals surface area contributed by atoms with Crippen LogP contribution in [0.25, 0.3) is 32.7 Å². The van der Waals surface area contributed by atoms with Crippen molar-refractivity contribution in [1.29, 1.82) is 0 Å². The molecule has 0 saturated heterocycles. The Morgan fingerprint density at radius 3 is 2.79 bits per heavy atom. The Kier molecular flexibility index (Phi) is 2.59. The van der Waals surface area contributed by atoms with Gasteiger partial charge in [0.25, 0.3) is 0 Å². The van der Waals surface area contributed by atoms with Crippen LogP contribution in [0.3, 0.4) is 0 Å². The van der Waals surface area contributed by atoms with Crippen molar-refractivity contribution in [1.82, 2.24) is 4.98 Å². The van der Waals surface area contributed by atoms with Crippen molar-refractivity contribution in [2.24, 2.45) is 0 Å². The lowest BCUT2D eigenvalue weighted by Gasteiger charge is -2.13. The first-order chi connectivity index (χ1) is 11.7. The van der Waals surface area contributed by atoms with E-state index in [1.165, 1.54) is 5.56 Å². The van der Waals surface area contributed by atoms with Crippen LogP contribution in [-0.2, 0) is 0 Å². The highest BCUT2D eigenvalue weighted by Gasteiger charge is 2.23. The number of rotatable bonds is 1. The van der Waals surface area contributed by atoms with E-state index in [-0.39, 0.29) is 12.7 Å². The largest absolute Gasteiger partial charge is 0.494 e. The zero-order valence-corrected chi connectivity index (χ0v) is 13.1. The summed E-state index contributed by atoms with van der Waals surface area (Å²) in [7, 11) is 0. The molecule has 1 aliphatic rings. The summed E-state index contributed by atoms with van der Waals surface area (Å²) in [6.07, 6.45) is 1.85. The van der Waals surface area contributed by atoms with Crippen molar-refractivity contribution in [2.45, 2.75) is 6.92 Å². The molecule has 0 saturated carbocycles. The summed E-state index contributed by atoms with van der Waals surface area (Å²) in [6, 6.07) is 14.2. The number of hydrogen-bond donors (Lipinski definition) is 2. The fourth-order valence-electron chi connectivity index (χ4n) is 3.57. The fourth-order valence-corrected chi connectivity index (χ4v) is 3.57. The van der Waals surface area contributed by atoms with Gasteiger partial charge in [-0.25, -0.2) is 0 Å². The molecule has 4 nitrogen and oxygen atoms in total. The molecule has 1 aliphatic heterocycles. The maximum atomic E-state index is 10.2. The van der Waals surface area contributed by atoms with Gasteiger partial charge in [-0.2, -0.15) is 0 Å². The zero-order valence-electron chi connectivity index (χ0n) is 13.1. The van der Waals surface area contributed by atoms with Crippen LogP contribution < -0.4 is 9.47 Å². The van der Waals surface area contributed by atoms with Gasteiger partial charge in [0.05, 0.1) is 0 Å². The molecule has 24 heavy (non-hydrogen) atoms. The standard InChI is InChI=1S/C20H15NO3/c1-11-4-2-3-5-13(11)18-15-9-21-20(22)14(15)8-12-6-7-16-19(17(12)18)24-10-23-16/h2-9,21-22H,10H2,1H3. The third kappa shape index (κ3) is 1.68. The molecule has 0 radical (unpaired) electrons. The van der Waals surface area contributed by atoms with E-state index in [1.807, 2.05) is 36.5 Å². The Labute approximate surface area is 138 Å². The Morgan fingerprint density at radius 1 is 1.04 bits per heavy atom. The maximum Gasteiger partial charge on any atom is 0.231 e. The number of fused-ring (bicyclic) bond motifs is 4. The van der Waals surface area contributed by atoms with E-state index in [0.29, 0.717) is 0 Å². The topological polar surface area (TPSA) is 54.5 Å². The van der Waals surface area contributed by atoms with Crippen LogP contribution in [-0.4, -0.2) is 16.9 Å². The van der Waals surface area contributed by atoms with Gasteiger partial charge in [-0.1, -0.05) is 30.3 Å². The van der Waals surface area contributed by atoms with Gasteiger partial charge in [0.1, 0.15) is 0 Å². The van der Waals surface area contributed by atoms with Crippen molar-refractivity contribution >= 4 is 21.5 Å². The first kappa shape index (κ1) is 13.3. The molecule has 1 aromatic heterocycles. The highest BCUT2D eigenvalue weighted by Crippen LogP contribution is 2.48. The van der Waals surface area contributed by atoms with Crippen molar-refractivity contribution in [3.8, 4) is 28.5 Å². The van der Waals surface area contributed by atoms with Gasteiger partial charge in [0, 0.05) is 27.9 Å². The van der Waals surface area contributed by atoms with Crippen molar-refractivity contribution in [2.75, 3.05) is 6.79 Å². The van der Waals surface area contributed by atoms with Crippen LogP contribution in [0.15, 0.2) is 48.7 Å². The number of benzene rings is 3. The van der Waals surface area contributed by atoms with Crippen LogP contribution in [0.4, 0.5) is 0 Å². The second-order valence-corrected chi connectivity index (χ2v) is 6.06. The third-order valence-corrected chi connectivity index (χ3v) is 4.70. The lowest BCUT2D eigenvalue weighted by Crippen LogP contribution is -1.93. The van der Waals surface area contributed by atoms with Gasteiger partial charge in [-0.15, -0.1) is 0 Å². The van der Waals surface area contributed by atoms with Crippen LogP contribution >= 0.6 is 0 Å². The van der Waals surface area contributed by atoms with Crippen LogP contribution in [0.2, 0.25) is 0 Å². The summed E-state index contributed by atoms with van der Waals surface area (Å²) in [6.45, 7) is 2.32. The minimum atomic E-state index is 0.180. The maximum absolute atomic E-state index is 10.2. The summed E-state index contributed by atoms with van der Waals surface area (Å²) >= 11 is 0. The fraction of sp³-hybridized carbons (Fsp3) is 0.100. The number of aromatic amines is 1. The third-order valence-electron chi connectivity index (χ3n) is 4.70. The smallest absolute Gasteiger partial charge is 0.231 e. The van der Waals surface area contributed by atoms with Crippen LogP contribution in [0, 0.1) is 6.92 Å². The monoisotopic (exact) mass is 317 g/mol. The Bertz CT molecular complexity index is 1110. The summed E-state index contributed by atoms with van der Waals surface area (Å²) in [5.41, 5.74) is 3.35. The molecule has 5 rings (SSSR count). The average molecular weight is 317 g/mol. The summed E-state index contributed by atoms with van der Waals surface area (Å²) in [5, 5.41) is 14.0. The Hall–Kier alpha value is -3.14. The SMILES string of the molecule is Cc1ccccc1-c1c2c[nH]c(O)c2cc2ccc3c(c12)OCO3. The first-order valence-corrected chi connectivity index (χ1v) is 7.85. The lowest BCUT2D eigenvalue weighted by molar-refractivity contribution is 0.175. The molecule has 3 aromatic carbocycles. The molecule has 2 heterocycles. The summed E-state index contributed by atoms with van der Waals surface area (Å²) in [4.78, 5) is 2.93. The van der Waals surface area contributed by atoms with Gasteiger partial charge in [0.15, 0.2) is 17.4 Å². The molecule has 2 N–H and O–H groups in total. The Morgan fingerprint density at radius 2 is 1.92 bits per heavy atom. The molecule has 4 heteroatoms. The van der Waals surface area contributed by atoms with E-state index < -0.39 is 0 Å². The van der Waals surface area contributed by atoms with E-state index in [1.54, 1.807) is 0 Å². The minimum Gasteiger partial charge on any atom is -0.494 e. The predicted molar refractivity (Wildman–Crippen MR) is 93.8 cm³/mol. The molecule has 0 atom stereocenters. The zero-order chi connectivity index (χ0) is 16.3. The van der Waals surface area contributed by atoms with Crippen LogP contribution in [0.1, 0.15) is 5.56 Å². The lowest BCUT2D eigenvalue weighted by atomic mass is 9.91. The molecule has 4 aromatic rings. The molecule has 0 unspecified atom stereocenters. The highest BCUT2D eigenvalue weighted by molar-refractivity contribution is 6.17. The Balaban J connectivity index is 2.04. The molecular formula is C20H15NO3. The summed E-state index contributed by atoms with van der Waals surface area (Å²) in [5.74, 6) is 1.71. The first-order valence-electron chi connectivity index (χ1n) is 7.85. The highest BCUT2D eigenvalue weighted by atomic mass is 16.7. The number of ether oxygens (including phenoxy) is 2. The van der Waals surface area contributed by atoms with Gasteiger partial charge in [0.2, 0.25) is 6.79 Å². The van der Waals surface area contributed by atoms with Gasteiger partial charge >= 0.3 is 0 Å². The molecule has 0 fully saturated rings. The van der Waals surface area contributed by atoms with Crippen molar-refractivity contribution < 1.29 is 14.6 Å². The van der Waals surface area contributed by atoms with E-state index in [9.17, 15) is 5.11 Å². The number of aromatic hydroxyl groups is 1. The van der Waals surface area contributed by atoms with E-state index in [0.717, 1.165) is 44.2 Å². The van der Waals surface area contributed by atoms with Gasteiger partial charge in [-0.3, -0.25) is 0 Å². The molecular weight excluding hydrogens is 302 g/mol. The number of H-pyrrole nitrogens is 1. The molecule has 0 bridgehead atoms. The average Bonchev–Trinajstić information content (AvgIpc) is 3.21. The molecule has 118 valence electrons. The van der Waals surface area contributed by atoms with Crippen molar-refractivity contribution in [3.63, 3.8) is 0 Å². The van der Waals surface area contributed by atoms with Gasteiger partial charge in [-0.05, 0) is 35.6 Å². The number of nitrogens with one attached hydrogen (secondary N) is 1. The number of aryl methyl sites for hydroxylation is 1. The van der Waals surface area contributed by atoms with E-state index in [4.69, 9.17) is 9.47 Å². The normalized spacial score (nSPS) is 13.0. The summed E-state index contributed by atoms with van der Waals surface area (Å²) < 4.78 is 11.3. The van der Waals surface area contributed by atoms with Gasteiger partial charge < -0.3 is 19.6 Å². The van der Waals surface area contributed by atoms with E-state index in [2.05, 4.69) is 24.0 Å². The minimum absolute atomic E-state index is 0.180. The number of hydrogen-bond acceptors (Lipinski definition) is 3. The van der Waals surface area contributed by atoms with E-state index >= 15 is 0 Å².